The number of hydrogen-bond acceptors (Lipinski definition) is 5. The normalized spacial score (nSPS) is 16.2. The summed E-state index contributed by atoms with van der Waals surface area (Å²) < 4.78 is 6.05. The van der Waals surface area contributed by atoms with Crippen molar-refractivity contribution in [1.29, 1.82) is 0 Å². The summed E-state index contributed by atoms with van der Waals surface area (Å²) in [5, 5.41) is 3.24. The Morgan fingerprint density at radius 2 is 1.63 bits per heavy atom. The molecule has 0 aliphatic carbocycles. The molecule has 5 rings (SSSR count). The zero-order valence-electron chi connectivity index (χ0n) is 16.8. The summed E-state index contributed by atoms with van der Waals surface area (Å²) in [5.41, 5.74) is 2.99. The maximum absolute atomic E-state index is 13.6. The number of fused-ring (bicyclic) bond motifs is 2. The third kappa shape index (κ3) is 3.95. The SMILES string of the molecule is Cc1csc(CN2CCN(C(=O)C3c4ccccc4Oc4ccccc43)CC2)n1.Cl. The zero-order chi connectivity index (χ0) is 19.8. The van der Waals surface area contributed by atoms with E-state index in [1.54, 1.807) is 11.3 Å². The maximum atomic E-state index is 13.6. The van der Waals surface area contributed by atoms with Crippen molar-refractivity contribution in [2.75, 3.05) is 26.2 Å². The molecule has 1 saturated heterocycles. The molecule has 1 aromatic heterocycles. The van der Waals surface area contributed by atoms with Gasteiger partial charge in [0.25, 0.3) is 0 Å². The summed E-state index contributed by atoms with van der Waals surface area (Å²) in [5.74, 6) is 1.42. The van der Waals surface area contributed by atoms with Crippen LogP contribution in [0.15, 0.2) is 53.9 Å². The van der Waals surface area contributed by atoms with Gasteiger partial charge in [-0.3, -0.25) is 9.69 Å². The van der Waals surface area contributed by atoms with Crippen LogP contribution >= 0.6 is 23.7 Å². The van der Waals surface area contributed by atoms with Crippen molar-refractivity contribution in [3.05, 3.63) is 75.7 Å². The summed E-state index contributed by atoms with van der Waals surface area (Å²) in [4.78, 5) is 22.5. The second kappa shape index (κ2) is 8.76. The van der Waals surface area contributed by atoms with Crippen LogP contribution < -0.4 is 4.74 Å². The monoisotopic (exact) mass is 441 g/mol. The molecule has 0 saturated carbocycles. The fourth-order valence-corrected chi connectivity index (χ4v) is 4.96. The van der Waals surface area contributed by atoms with Crippen LogP contribution in [0.3, 0.4) is 0 Å². The van der Waals surface area contributed by atoms with Crippen molar-refractivity contribution in [3.8, 4) is 11.5 Å². The third-order valence-corrected chi connectivity index (χ3v) is 6.59. The van der Waals surface area contributed by atoms with Crippen LogP contribution in [0.25, 0.3) is 0 Å². The molecular formula is C23H24ClN3O2S. The van der Waals surface area contributed by atoms with Gasteiger partial charge in [0.2, 0.25) is 5.91 Å². The lowest BCUT2D eigenvalue weighted by atomic mass is 9.86. The number of carbonyl (C=O) groups excluding carboxylic acids is 1. The Kier molecular flexibility index (Phi) is 6.09. The molecule has 0 spiro atoms. The van der Waals surface area contributed by atoms with Crippen LogP contribution in [0.5, 0.6) is 11.5 Å². The predicted molar refractivity (Wildman–Crippen MR) is 121 cm³/mol. The van der Waals surface area contributed by atoms with Gasteiger partial charge in [-0.15, -0.1) is 23.7 Å². The van der Waals surface area contributed by atoms with E-state index in [1.165, 1.54) is 0 Å². The van der Waals surface area contributed by atoms with E-state index in [-0.39, 0.29) is 24.2 Å². The molecule has 1 fully saturated rings. The molecular weight excluding hydrogens is 418 g/mol. The van der Waals surface area contributed by atoms with Crippen molar-refractivity contribution >= 4 is 29.7 Å². The summed E-state index contributed by atoms with van der Waals surface area (Å²) in [6.07, 6.45) is 0. The summed E-state index contributed by atoms with van der Waals surface area (Å²) >= 11 is 1.71. The highest BCUT2D eigenvalue weighted by atomic mass is 35.5. The Hall–Kier alpha value is -2.41. The molecule has 5 nitrogen and oxygen atoms in total. The lowest BCUT2D eigenvalue weighted by Crippen LogP contribution is -2.49. The van der Waals surface area contributed by atoms with E-state index < -0.39 is 0 Å². The largest absolute Gasteiger partial charge is 0.457 e. The van der Waals surface area contributed by atoms with E-state index in [4.69, 9.17) is 4.74 Å². The average Bonchev–Trinajstić information content (AvgIpc) is 3.16. The van der Waals surface area contributed by atoms with E-state index in [9.17, 15) is 4.79 Å². The van der Waals surface area contributed by atoms with Crippen molar-refractivity contribution < 1.29 is 9.53 Å². The number of thiazole rings is 1. The second-order valence-electron chi connectivity index (χ2n) is 7.59. The number of aryl methyl sites for hydroxylation is 1. The highest BCUT2D eigenvalue weighted by Crippen LogP contribution is 2.44. The maximum Gasteiger partial charge on any atom is 0.234 e. The Morgan fingerprint density at radius 3 is 2.20 bits per heavy atom. The number of nitrogens with zero attached hydrogens (tertiary/aromatic N) is 3. The highest BCUT2D eigenvalue weighted by Gasteiger charge is 2.36. The molecule has 2 aliphatic rings. The Balaban J connectivity index is 0.00000218. The minimum absolute atomic E-state index is 0. The van der Waals surface area contributed by atoms with Gasteiger partial charge in [-0.2, -0.15) is 0 Å². The topological polar surface area (TPSA) is 45.7 Å². The minimum Gasteiger partial charge on any atom is -0.457 e. The van der Waals surface area contributed by atoms with Crippen molar-refractivity contribution in [3.63, 3.8) is 0 Å². The van der Waals surface area contributed by atoms with Crippen LogP contribution in [0.4, 0.5) is 0 Å². The molecule has 0 bridgehead atoms. The lowest BCUT2D eigenvalue weighted by Gasteiger charge is -2.37. The number of para-hydroxylation sites is 2. The van der Waals surface area contributed by atoms with Gasteiger partial charge in [-0.05, 0) is 19.1 Å². The van der Waals surface area contributed by atoms with Crippen LogP contribution in [-0.2, 0) is 11.3 Å². The molecule has 0 radical (unpaired) electrons. The van der Waals surface area contributed by atoms with Gasteiger partial charge in [-0.1, -0.05) is 36.4 Å². The van der Waals surface area contributed by atoms with Gasteiger partial charge in [-0.25, -0.2) is 4.98 Å². The first kappa shape index (κ1) is 20.8. The molecule has 7 heteroatoms. The number of piperazine rings is 1. The van der Waals surface area contributed by atoms with Gasteiger partial charge >= 0.3 is 0 Å². The van der Waals surface area contributed by atoms with Crippen molar-refractivity contribution in [2.24, 2.45) is 0 Å². The molecule has 30 heavy (non-hydrogen) atoms. The molecule has 0 unspecified atom stereocenters. The number of amides is 1. The fraction of sp³-hybridized carbons (Fsp3) is 0.304. The predicted octanol–water partition coefficient (Wildman–Crippen LogP) is 4.46. The number of aromatic nitrogens is 1. The first-order chi connectivity index (χ1) is 14.2. The fourth-order valence-electron chi connectivity index (χ4n) is 4.15. The number of rotatable bonds is 3. The van der Waals surface area contributed by atoms with Gasteiger partial charge in [0.1, 0.15) is 16.5 Å². The zero-order valence-corrected chi connectivity index (χ0v) is 18.4. The van der Waals surface area contributed by atoms with E-state index in [0.29, 0.717) is 0 Å². The van der Waals surface area contributed by atoms with Crippen molar-refractivity contribution in [1.82, 2.24) is 14.8 Å². The van der Waals surface area contributed by atoms with E-state index >= 15 is 0 Å². The van der Waals surface area contributed by atoms with Gasteiger partial charge in [0, 0.05) is 48.4 Å². The van der Waals surface area contributed by atoms with Gasteiger partial charge < -0.3 is 9.64 Å². The number of ether oxygens (including phenoxy) is 1. The minimum atomic E-state index is -0.302. The molecule has 2 aliphatic heterocycles. The third-order valence-electron chi connectivity index (χ3n) is 5.64. The Morgan fingerprint density at radius 1 is 1.03 bits per heavy atom. The summed E-state index contributed by atoms with van der Waals surface area (Å²) in [7, 11) is 0. The molecule has 156 valence electrons. The van der Waals surface area contributed by atoms with Crippen LogP contribution in [0, 0.1) is 6.92 Å². The number of halogens is 1. The van der Waals surface area contributed by atoms with Crippen molar-refractivity contribution in [2.45, 2.75) is 19.4 Å². The van der Waals surface area contributed by atoms with E-state index in [2.05, 4.69) is 15.3 Å². The average molecular weight is 442 g/mol. The number of benzene rings is 2. The Bertz CT molecular complexity index is 1000. The quantitative estimate of drug-likeness (QED) is 0.602. The van der Waals surface area contributed by atoms with E-state index in [1.807, 2.05) is 60.4 Å². The van der Waals surface area contributed by atoms with E-state index in [0.717, 1.165) is 66.1 Å². The summed E-state index contributed by atoms with van der Waals surface area (Å²) in [6, 6.07) is 15.8. The number of hydrogen-bond donors (Lipinski definition) is 0. The first-order valence-corrected chi connectivity index (χ1v) is 10.8. The highest BCUT2D eigenvalue weighted by molar-refractivity contribution is 7.09. The molecule has 0 N–H and O–H groups in total. The van der Waals surface area contributed by atoms with Gasteiger partial charge in [0.15, 0.2) is 0 Å². The Labute approximate surface area is 186 Å². The summed E-state index contributed by atoms with van der Waals surface area (Å²) in [6.45, 7) is 6.12. The molecule has 2 aromatic carbocycles. The molecule has 3 aromatic rings. The van der Waals surface area contributed by atoms with Gasteiger partial charge in [0.05, 0.1) is 12.5 Å². The van der Waals surface area contributed by atoms with Crippen LogP contribution in [0.1, 0.15) is 27.7 Å². The molecule has 3 heterocycles. The standard InChI is InChI=1S/C23H23N3O2S.ClH/c1-16-15-29-21(24-16)14-25-10-12-26(13-11-25)23(27)22-17-6-2-4-8-19(17)28-20-9-5-3-7-18(20)22;/h2-9,15,22H,10-14H2,1H3;1H. The smallest absolute Gasteiger partial charge is 0.234 e. The lowest BCUT2D eigenvalue weighted by molar-refractivity contribution is -0.133. The number of carbonyl (C=O) groups is 1. The molecule has 0 atom stereocenters. The van der Waals surface area contributed by atoms with Crippen LogP contribution in [0.2, 0.25) is 0 Å². The first-order valence-electron chi connectivity index (χ1n) is 9.97. The van der Waals surface area contributed by atoms with Crippen LogP contribution in [-0.4, -0.2) is 46.9 Å². The second-order valence-corrected chi connectivity index (χ2v) is 8.54. The molecule has 1 amide bonds.